The number of halogens is 4. The van der Waals surface area contributed by atoms with Gasteiger partial charge in [0.05, 0.1) is 24.3 Å². The van der Waals surface area contributed by atoms with Crippen LogP contribution in [-0.4, -0.2) is 57.7 Å². The molecule has 0 spiro atoms. The maximum atomic E-state index is 12.7. The second-order valence-corrected chi connectivity index (χ2v) is 9.36. The summed E-state index contributed by atoms with van der Waals surface area (Å²) in [6.07, 6.45) is -0.324. The molecule has 1 saturated carbocycles. The number of hydrogen-bond acceptors (Lipinski definition) is 8. The molecule has 4 unspecified atom stereocenters. The van der Waals surface area contributed by atoms with Crippen LogP contribution < -0.4 is 0 Å². The second kappa shape index (κ2) is 7.58. The van der Waals surface area contributed by atoms with Crippen molar-refractivity contribution in [3.05, 3.63) is 21.6 Å². The fourth-order valence-electron chi connectivity index (χ4n) is 4.68. The van der Waals surface area contributed by atoms with Gasteiger partial charge in [0.2, 0.25) is 21.3 Å². The van der Waals surface area contributed by atoms with Crippen molar-refractivity contribution in [1.29, 1.82) is 0 Å². The highest BCUT2D eigenvalue weighted by Crippen LogP contribution is 2.60. The van der Waals surface area contributed by atoms with Crippen LogP contribution in [0.1, 0.15) is 12.8 Å². The Hall–Kier alpha value is -1.48. The Morgan fingerprint density at radius 3 is 1.47 bits per heavy atom. The summed E-state index contributed by atoms with van der Waals surface area (Å²) in [7, 11) is 2.03. The summed E-state index contributed by atoms with van der Waals surface area (Å²) in [5, 5.41) is 19.9. The predicted molar refractivity (Wildman–Crippen MR) is 105 cm³/mol. The number of carbonyl (C=O) groups excluding carboxylic acids is 4. The number of aliphatic hydroxyl groups excluding tert-OH is 2. The zero-order chi connectivity index (χ0) is 22.8. The minimum absolute atomic E-state index is 0.0708. The van der Waals surface area contributed by atoms with Crippen molar-refractivity contribution in [1.82, 2.24) is 0 Å². The summed E-state index contributed by atoms with van der Waals surface area (Å²) in [6, 6.07) is 0. The molecule has 0 heterocycles. The SMILES string of the molecule is COC(=O)[C@@]1(Cl)C(=O)C(O)=C(Cl)C2CC3C(Cl)=C(O)C(=O)[C@@](Cl)(C(=O)OC)C3CC21. The first-order chi connectivity index (χ1) is 13.9. The lowest BCUT2D eigenvalue weighted by Crippen LogP contribution is -2.62. The first-order valence-electron chi connectivity index (χ1n) is 8.70. The average molecular weight is 502 g/mol. The van der Waals surface area contributed by atoms with Crippen LogP contribution in [0.25, 0.3) is 0 Å². The number of esters is 2. The highest BCUT2D eigenvalue weighted by atomic mass is 35.5. The van der Waals surface area contributed by atoms with E-state index in [-0.39, 0.29) is 22.9 Å². The molecule has 3 aliphatic carbocycles. The molecule has 6 atom stereocenters. The van der Waals surface area contributed by atoms with E-state index in [1.165, 1.54) is 0 Å². The standard InChI is InChI=1S/C18H16Cl4O8/c1-29-15(27)17(21)7-4-8-6(3-5(7)9(19)11(23)13(17)25)10(20)12(24)14(26)18(8,22)16(28)30-2/h5-8,23-24H,3-4H2,1-2H3/t5?,6?,7?,8?,17-,18+. The number of ether oxygens (including phenoxy) is 2. The molecule has 1 fully saturated rings. The first kappa shape index (κ1) is 23.2. The van der Waals surface area contributed by atoms with Gasteiger partial charge in [-0.3, -0.25) is 9.59 Å². The number of ketones is 2. The smallest absolute Gasteiger partial charge is 0.335 e. The van der Waals surface area contributed by atoms with Gasteiger partial charge in [-0.1, -0.05) is 46.4 Å². The van der Waals surface area contributed by atoms with Gasteiger partial charge in [-0.05, 0) is 12.8 Å². The number of aliphatic hydroxyl groups is 2. The van der Waals surface area contributed by atoms with Crippen LogP contribution in [0.2, 0.25) is 0 Å². The molecule has 164 valence electrons. The van der Waals surface area contributed by atoms with Crippen LogP contribution in [0.3, 0.4) is 0 Å². The Balaban J connectivity index is 2.22. The molecule has 0 aliphatic heterocycles. The number of fused-ring (bicyclic) bond motifs is 2. The van der Waals surface area contributed by atoms with Crippen molar-refractivity contribution in [3.8, 4) is 0 Å². The molecule has 0 amide bonds. The Labute approximate surface area is 190 Å². The lowest BCUT2D eigenvalue weighted by atomic mass is 9.56. The quantitative estimate of drug-likeness (QED) is 0.336. The molecule has 2 N–H and O–H groups in total. The van der Waals surface area contributed by atoms with Gasteiger partial charge in [0.15, 0.2) is 11.5 Å². The summed E-state index contributed by atoms with van der Waals surface area (Å²) in [6.45, 7) is 0. The third-order valence-electron chi connectivity index (χ3n) is 6.17. The molecule has 8 nitrogen and oxygen atoms in total. The van der Waals surface area contributed by atoms with Gasteiger partial charge in [0.25, 0.3) is 0 Å². The van der Waals surface area contributed by atoms with E-state index in [0.29, 0.717) is 0 Å². The van der Waals surface area contributed by atoms with Gasteiger partial charge in [-0.2, -0.15) is 0 Å². The largest absolute Gasteiger partial charge is 0.503 e. The fourth-order valence-corrected chi connectivity index (χ4v) is 6.15. The summed E-state index contributed by atoms with van der Waals surface area (Å²) in [5.41, 5.74) is 0. The predicted octanol–water partition coefficient (Wildman–Crippen LogP) is 2.73. The van der Waals surface area contributed by atoms with Gasteiger partial charge in [-0.25, -0.2) is 9.59 Å². The lowest BCUT2D eigenvalue weighted by Gasteiger charge is -2.51. The van der Waals surface area contributed by atoms with Crippen molar-refractivity contribution in [2.24, 2.45) is 23.7 Å². The van der Waals surface area contributed by atoms with Crippen molar-refractivity contribution in [3.63, 3.8) is 0 Å². The molecule has 30 heavy (non-hydrogen) atoms. The van der Waals surface area contributed by atoms with Crippen molar-refractivity contribution < 1.29 is 38.9 Å². The third-order valence-corrected chi connectivity index (χ3v) is 8.30. The molecule has 0 aromatic carbocycles. The van der Waals surface area contributed by atoms with Crippen LogP contribution in [0, 0.1) is 23.7 Å². The number of rotatable bonds is 2. The van der Waals surface area contributed by atoms with Gasteiger partial charge >= 0.3 is 11.9 Å². The Kier molecular flexibility index (Phi) is 5.86. The highest BCUT2D eigenvalue weighted by molar-refractivity contribution is 6.51. The summed E-state index contributed by atoms with van der Waals surface area (Å²) in [5.74, 6) is -10.3. The molecular weight excluding hydrogens is 486 g/mol. The van der Waals surface area contributed by atoms with E-state index in [1.54, 1.807) is 0 Å². The van der Waals surface area contributed by atoms with Gasteiger partial charge in [-0.15, -0.1) is 0 Å². The Morgan fingerprint density at radius 2 is 1.17 bits per heavy atom. The van der Waals surface area contributed by atoms with E-state index >= 15 is 0 Å². The van der Waals surface area contributed by atoms with Gasteiger partial charge in [0, 0.05) is 23.7 Å². The van der Waals surface area contributed by atoms with Gasteiger partial charge < -0.3 is 19.7 Å². The molecule has 3 rings (SSSR count). The lowest BCUT2D eigenvalue weighted by molar-refractivity contribution is -0.154. The number of hydrogen-bond donors (Lipinski definition) is 2. The normalized spacial score (nSPS) is 38.7. The van der Waals surface area contributed by atoms with E-state index < -0.39 is 68.4 Å². The van der Waals surface area contributed by atoms with Crippen LogP contribution >= 0.6 is 46.4 Å². The molecule has 0 bridgehead atoms. The fraction of sp³-hybridized carbons (Fsp3) is 0.556. The number of Topliss-reactive ketones (excluding diaryl/α,β-unsaturated/α-hetero) is 2. The molecule has 0 radical (unpaired) electrons. The highest BCUT2D eigenvalue weighted by Gasteiger charge is 2.68. The van der Waals surface area contributed by atoms with Crippen molar-refractivity contribution in [2.75, 3.05) is 14.2 Å². The maximum absolute atomic E-state index is 12.7. The minimum Gasteiger partial charge on any atom is -0.503 e. The molecule has 0 aromatic heterocycles. The maximum Gasteiger partial charge on any atom is 0.335 e. The number of alkyl halides is 2. The van der Waals surface area contributed by atoms with Crippen LogP contribution in [-0.2, 0) is 28.7 Å². The number of allylic oxidation sites excluding steroid dienone is 4. The van der Waals surface area contributed by atoms with E-state index in [9.17, 15) is 29.4 Å². The number of methoxy groups -OCH3 is 2. The third kappa shape index (κ3) is 2.80. The monoisotopic (exact) mass is 500 g/mol. The van der Waals surface area contributed by atoms with E-state index in [0.717, 1.165) is 14.2 Å². The topological polar surface area (TPSA) is 127 Å². The molecule has 0 aromatic rings. The van der Waals surface area contributed by atoms with E-state index in [4.69, 9.17) is 46.4 Å². The van der Waals surface area contributed by atoms with Crippen LogP contribution in [0.5, 0.6) is 0 Å². The van der Waals surface area contributed by atoms with Crippen molar-refractivity contribution >= 4 is 69.9 Å². The minimum atomic E-state index is -2.36. The van der Waals surface area contributed by atoms with Crippen LogP contribution in [0.4, 0.5) is 0 Å². The molecule has 12 heteroatoms. The molecule has 3 aliphatic rings. The Morgan fingerprint density at radius 1 is 0.833 bits per heavy atom. The Bertz CT molecular complexity index is 855. The molecule has 0 saturated heterocycles. The summed E-state index contributed by atoms with van der Waals surface area (Å²) < 4.78 is 9.35. The van der Waals surface area contributed by atoms with Crippen LogP contribution in [0.15, 0.2) is 21.6 Å². The molecular formula is C18H16Cl4O8. The van der Waals surface area contributed by atoms with E-state index in [1.807, 2.05) is 0 Å². The van der Waals surface area contributed by atoms with E-state index in [2.05, 4.69) is 9.47 Å². The first-order valence-corrected chi connectivity index (χ1v) is 10.2. The van der Waals surface area contributed by atoms with Crippen molar-refractivity contribution in [2.45, 2.75) is 22.6 Å². The van der Waals surface area contributed by atoms with Gasteiger partial charge in [0.1, 0.15) is 0 Å². The summed E-state index contributed by atoms with van der Waals surface area (Å²) >= 11 is 25.3. The second-order valence-electron chi connectivity index (χ2n) is 7.36. The zero-order valence-corrected chi connectivity index (χ0v) is 18.6. The number of carbonyl (C=O) groups is 4. The summed E-state index contributed by atoms with van der Waals surface area (Å²) in [4.78, 5) is 45.7. The zero-order valence-electron chi connectivity index (χ0n) is 15.6. The average Bonchev–Trinajstić information content (AvgIpc) is 2.76.